The molecule has 1 heteroatoms. The largest absolute Gasteiger partial charge is 0.309 e. The van der Waals surface area contributed by atoms with E-state index in [0.717, 1.165) is 6.42 Å². The summed E-state index contributed by atoms with van der Waals surface area (Å²) in [5, 5.41) is 1.32. The molecular formula is C24H23N. The molecule has 1 heterocycles. The summed E-state index contributed by atoms with van der Waals surface area (Å²) in [6.07, 6.45) is 3.64. The molecule has 124 valence electrons. The minimum Gasteiger partial charge on any atom is -0.309 e. The Morgan fingerprint density at radius 1 is 0.760 bits per heavy atom. The molecule has 0 unspecified atom stereocenters. The molecule has 0 fully saturated rings. The highest BCUT2D eigenvalue weighted by molar-refractivity contribution is 5.89. The van der Waals surface area contributed by atoms with Crippen molar-refractivity contribution in [2.45, 2.75) is 26.2 Å². The zero-order chi connectivity index (χ0) is 17.1. The molecule has 4 rings (SSSR count). The average molecular weight is 325 g/mol. The summed E-state index contributed by atoms with van der Waals surface area (Å²) in [7, 11) is 0. The number of hydrogen-bond donors (Lipinski definition) is 0. The third kappa shape index (κ3) is 3.10. The second-order valence-electron chi connectivity index (χ2n) is 6.56. The minimum absolute atomic E-state index is 1.16. The van der Waals surface area contributed by atoms with Crippen LogP contribution in [0.4, 0.5) is 0 Å². The Morgan fingerprint density at radius 2 is 1.48 bits per heavy atom. The zero-order valence-electron chi connectivity index (χ0n) is 14.7. The predicted molar refractivity (Wildman–Crippen MR) is 107 cm³/mol. The second-order valence-corrected chi connectivity index (χ2v) is 6.56. The number of rotatable bonds is 5. The number of para-hydroxylation sites is 1. The van der Waals surface area contributed by atoms with E-state index in [2.05, 4.69) is 96.4 Å². The second kappa shape index (κ2) is 6.98. The monoisotopic (exact) mass is 325 g/mol. The predicted octanol–water partition coefficient (Wildman–Crippen LogP) is 6.64. The van der Waals surface area contributed by atoms with Gasteiger partial charge < -0.3 is 4.57 Å². The van der Waals surface area contributed by atoms with Crippen LogP contribution in [0.25, 0.3) is 27.8 Å². The summed E-state index contributed by atoms with van der Waals surface area (Å²) in [5.74, 6) is 0. The molecular weight excluding hydrogens is 302 g/mol. The third-order valence-corrected chi connectivity index (χ3v) is 4.77. The Balaban J connectivity index is 1.93. The van der Waals surface area contributed by atoms with E-state index in [0.29, 0.717) is 0 Å². The normalized spacial score (nSPS) is 11.1. The van der Waals surface area contributed by atoms with Gasteiger partial charge in [0.05, 0.1) is 11.2 Å². The third-order valence-electron chi connectivity index (χ3n) is 4.77. The Morgan fingerprint density at radius 3 is 2.20 bits per heavy atom. The molecule has 4 aromatic rings. The van der Waals surface area contributed by atoms with Crippen LogP contribution >= 0.6 is 0 Å². The van der Waals surface area contributed by atoms with Gasteiger partial charge in [-0.2, -0.15) is 0 Å². The van der Waals surface area contributed by atoms with Crippen molar-refractivity contribution in [3.05, 3.63) is 90.5 Å². The first-order chi connectivity index (χ1) is 12.4. The average Bonchev–Trinajstić information content (AvgIpc) is 3.06. The molecule has 0 aliphatic rings. The molecule has 0 amide bonds. The van der Waals surface area contributed by atoms with Crippen molar-refractivity contribution in [3.8, 4) is 16.9 Å². The van der Waals surface area contributed by atoms with E-state index in [1.165, 1.54) is 46.3 Å². The van der Waals surface area contributed by atoms with Crippen LogP contribution in [-0.4, -0.2) is 4.57 Å². The number of nitrogens with zero attached hydrogens (tertiary/aromatic N) is 1. The minimum atomic E-state index is 1.16. The van der Waals surface area contributed by atoms with Crippen LogP contribution < -0.4 is 0 Å². The molecule has 0 radical (unpaired) electrons. The van der Waals surface area contributed by atoms with Gasteiger partial charge in [-0.15, -0.1) is 0 Å². The first kappa shape index (κ1) is 15.7. The zero-order valence-corrected chi connectivity index (χ0v) is 14.7. The fraction of sp³-hybridized carbons (Fsp3) is 0.167. The van der Waals surface area contributed by atoms with Crippen molar-refractivity contribution < 1.29 is 0 Å². The number of aromatic nitrogens is 1. The topological polar surface area (TPSA) is 4.93 Å². The van der Waals surface area contributed by atoms with Crippen molar-refractivity contribution in [3.63, 3.8) is 0 Å². The lowest BCUT2D eigenvalue weighted by Gasteiger charge is -2.11. The first-order valence-electron chi connectivity index (χ1n) is 9.12. The van der Waals surface area contributed by atoms with E-state index in [1.54, 1.807) is 0 Å². The van der Waals surface area contributed by atoms with Crippen molar-refractivity contribution in [1.29, 1.82) is 0 Å². The maximum atomic E-state index is 2.37. The Bertz CT molecular complexity index is 965. The summed E-state index contributed by atoms with van der Waals surface area (Å²) >= 11 is 0. The van der Waals surface area contributed by atoms with Crippen LogP contribution in [0, 0.1) is 0 Å². The smallest absolute Gasteiger partial charge is 0.0540 e. The van der Waals surface area contributed by atoms with E-state index in [4.69, 9.17) is 0 Å². The summed E-state index contributed by atoms with van der Waals surface area (Å²) in [5.41, 5.74) is 6.40. The molecule has 0 bridgehead atoms. The molecule has 0 aliphatic heterocycles. The van der Waals surface area contributed by atoms with Crippen molar-refractivity contribution in [2.24, 2.45) is 0 Å². The van der Waals surface area contributed by atoms with Gasteiger partial charge in [-0.3, -0.25) is 0 Å². The molecule has 25 heavy (non-hydrogen) atoms. The van der Waals surface area contributed by atoms with Crippen LogP contribution in [0.2, 0.25) is 0 Å². The van der Waals surface area contributed by atoms with Crippen LogP contribution in [0.5, 0.6) is 0 Å². The molecule has 0 saturated carbocycles. The fourth-order valence-corrected chi connectivity index (χ4v) is 3.48. The van der Waals surface area contributed by atoms with Gasteiger partial charge in [0, 0.05) is 11.1 Å². The summed E-state index contributed by atoms with van der Waals surface area (Å²) in [6, 6.07) is 30.5. The molecule has 0 saturated heterocycles. The SMILES string of the molecule is CCCCc1ccc2c(c1)cc(-c1ccccc1)n2-c1ccccc1. The Hall–Kier alpha value is -2.80. The van der Waals surface area contributed by atoms with Crippen molar-refractivity contribution in [1.82, 2.24) is 4.57 Å². The molecule has 0 N–H and O–H groups in total. The molecule has 0 spiro atoms. The lowest BCUT2D eigenvalue weighted by molar-refractivity contribution is 0.796. The number of hydrogen-bond acceptors (Lipinski definition) is 0. The summed E-state index contributed by atoms with van der Waals surface area (Å²) < 4.78 is 2.37. The van der Waals surface area contributed by atoms with Crippen LogP contribution in [-0.2, 0) is 6.42 Å². The van der Waals surface area contributed by atoms with Crippen molar-refractivity contribution >= 4 is 10.9 Å². The summed E-state index contributed by atoms with van der Waals surface area (Å²) in [6.45, 7) is 2.25. The van der Waals surface area contributed by atoms with Gasteiger partial charge in [0.15, 0.2) is 0 Å². The number of aryl methyl sites for hydroxylation is 1. The fourth-order valence-electron chi connectivity index (χ4n) is 3.48. The lowest BCUT2D eigenvalue weighted by Crippen LogP contribution is -1.96. The first-order valence-corrected chi connectivity index (χ1v) is 9.12. The van der Waals surface area contributed by atoms with Gasteiger partial charge in [0.2, 0.25) is 0 Å². The number of fused-ring (bicyclic) bond motifs is 1. The standard InChI is InChI=1S/C24H23N/c1-2-3-10-19-15-16-23-21(17-19)18-24(20-11-6-4-7-12-20)25(23)22-13-8-5-9-14-22/h4-9,11-18H,2-3,10H2,1H3. The number of benzene rings is 3. The van der Waals surface area contributed by atoms with Gasteiger partial charge in [-0.1, -0.05) is 67.9 Å². The van der Waals surface area contributed by atoms with Gasteiger partial charge in [0.1, 0.15) is 0 Å². The van der Waals surface area contributed by atoms with Crippen LogP contribution in [0.15, 0.2) is 84.9 Å². The highest BCUT2D eigenvalue weighted by atomic mass is 15.0. The van der Waals surface area contributed by atoms with Gasteiger partial charge in [-0.05, 0) is 54.3 Å². The molecule has 1 nitrogen and oxygen atoms in total. The molecule has 0 atom stereocenters. The maximum absolute atomic E-state index is 2.37. The van der Waals surface area contributed by atoms with Gasteiger partial charge in [0.25, 0.3) is 0 Å². The van der Waals surface area contributed by atoms with E-state index in [-0.39, 0.29) is 0 Å². The van der Waals surface area contributed by atoms with E-state index in [9.17, 15) is 0 Å². The molecule has 1 aromatic heterocycles. The Kier molecular flexibility index (Phi) is 4.39. The lowest BCUT2D eigenvalue weighted by atomic mass is 10.1. The van der Waals surface area contributed by atoms with Crippen molar-refractivity contribution in [2.75, 3.05) is 0 Å². The highest BCUT2D eigenvalue weighted by Crippen LogP contribution is 2.32. The summed E-state index contributed by atoms with van der Waals surface area (Å²) in [4.78, 5) is 0. The van der Waals surface area contributed by atoms with Gasteiger partial charge >= 0.3 is 0 Å². The van der Waals surface area contributed by atoms with E-state index >= 15 is 0 Å². The quantitative estimate of drug-likeness (QED) is 0.387. The van der Waals surface area contributed by atoms with E-state index < -0.39 is 0 Å². The Labute approximate surface area is 149 Å². The van der Waals surface area contributed by atoms with Crippen LogP contribution in [0.1, 0.15) is 25.3 Å². The van der Waals surface area contributed by atoms with Gasteiger partial charge in [-0.25, -0.2) is 0 Å². The van der Waals surface area contributed by atoms with E-state index in [1.807, 2.05) is 0 Å². The maximum Gasteiger partial charge on any atom is 0.0540 e. The number of unbranched alkanes of at least 4 members (excludes halogenated alkanes) is 1. The highest BCUT2D eigenvalue weighted by Gasteiger charge is 2.12. The molecule has 3 aromatic carbocycles. The van der Waals surface area contributed by atoms with Crippen LogP contribution in [0.3, 0.4) is 0 Å². The molecule has 0 aliphatic carbocycles.